The minimum Gasteiger partial charge on any atom is -0.197 e. The van der Waals surface area contributed by atoms with Gasteiger partial charge in [0.05, 0.1) is 17.7 Å². The van der Waals surface area contributed by atoms with E-state index in [9.17, 15) is 13.2 Å². The quantitative estimate of drug-likeness (QED) is 0.743. The lowest BCUT2D eigenvalue weighted by Crippen LogP contribution is -2.15. The third kappa shape index (κ3) is 4.78. The van der Waals surface area contributed by atoms with Crippen LogP contribution in [0.15, 0.2) is 0 Å². The van der Waals surface area contributed by atoms with E-state index in [1.54, 1.807) is 0 Å². The molecule has 0 saturated heterocycles. The van der Waals surface area contributed by atoms with Crippen molar-refractivity contribution in [2.24, 2.45) is 5.92 Å². The molecule has 0 spiro atoms. The molecule has 0 aromatic rings. The van der Waals surface area contributed by atoms with Crippen LogP contribution in [0.2, 0.25) is 0 Å². The van der Waals surface area contributed by atoms with E-state index in [0.717, 1.165) is 37.4 Å². The Bertz CT molecular complexity index is 228. The molecule has 1 aliphatic rings. The first-order valence-corrected chi connectivity index (χ1v) is 6.16. The number of nitriles is 1. The van der Waals surface area contributed by atoms with E-state index in [4.69, 9.17) is 5.26 Å². The first kappa shape index (κ1) is 12.7. The highest BCUT2D eigenvalue weighted by Gasteiger charge is 2.29. The summed E-state index contributed by atoms with van der Waals surface area (Å²) in [6, 6.07) is 2.13. The second kappa shape index (κ2) is 5.64. The van der Waals surface area contributed by atoms with Crippen LogP contribution >= 0.6 is 11.8 Å². The molecule has 0 amide bonds. The molecular formula is C10H14F3NS. The Labute approximate surface area is 92.0 Å². The highest BCUT2D eigenvalue weighted by molar-refractivity contribution is 8.00. The second-order valence-corrected chi connectivity index (χ2v) is 5.08. The summed E-state index contributed by atoms with van der Waals surface area (Å²) in [5, 5.41) is 8.62. The monoisotopic (exact) mass is 237 g/mol. The molecule has 0 heterocycles. The van der Waals surface area contributed by atoms with E-state index in [2.05, 4.69) is 6.07 Å². The Morgan fingerprint density at radius 3 is 2.40 bits per heavy atom. The fraction of sp³-hybridized carbons (Fsp3) is 0.900. The van der Waals surface area contributed by atoms with Crippen LogP contribution in [0.4, 0.5) is 13.2 Å². The molecule has 0 aromatic carbocycles. The number of thioether (sulfide) groups is 1. The maximum Gasteiger partial charge on any atom is 0.389 e. The van der Waals surface area contributed by atoms with Crippen molar-refractivity contribution in [2.45, 2.75) is 43.5 Å². The van der Waals surface area contributed by atoms with Crippen LogP contribution in [0.3, 0.4) is 0 Å². The lowest BCUT2D eigenvalue weighted by atomic mass is 10.1. The molecule has 5 heteroatoms. The molecule has 1 saturated carbocycles. The van der Waals surface area contributed by atoms with E-state index in [1.165, 1.54) is 0 Å². The molecule has 1 aliphatic carbocycles. The standard InChI is InChI=1S/C10H14F3NS/c11-10(12,13)5-6-15-9(7-14)8-3-1-2-4-8/h8-9H,1-6H2. The average molecular weight is 237 g/mol. The SMILES string of the molecule is N#CC(SCCC(F)(F)F)C1CCCC1. The third-order valence-electron chi connectivity index (χ3n) is 2.64. The van der Waals surface area contributed by atoms with Crippen LogP contribution in [0.1, 0.15) is 32.1 Å². The lowest BCUT2D eigenvalue weighted by Gasteiger charge is -2.15. The molecule has 0 radical (unpaired) electrons. The Hall–Kier alpha value is -0.370. The molecule has 1 fully saturated rings. The zero-order valence-corrected chi connectivity index (χ0v) is 9.20. The largest absolute Gasteiger partial charge is 0.389 e. The molecule has 0 bridgehead atoms. The van der Waals surface area contributed by atoms with Gasteiger partial charge in [-0.25, -0.2) is 0 Å². The van der Waals surface area contributed by atoms with Gasteiger partial charge in [0.25, 0.3) is 0 Å². The number of halogens is 3. The Morgan fingerprint density at radius 1 is 1.33 bits per heavy atom. The molecule has 0 aliphatic heterocycles. The lowest BCUT2D eigenvalue weighted by molar-refractivity contribution is -0.129. The van der Waals surface area contributed by atoms with E-state index < -0.39 is 12.6 Å². The second-order valence-electron chi connectivity index (χ2n) is 3.83. The summed E-state index contributed by atoms with van der Waals surface area (Å²) in [7, 11) is 0. The van der Waals surface area contributed by atoms with Crippen LogP contribution in [0.25, 0.3) is 0 Å². The van der Waals surface area contributed by atoms with Gasteiger partial charge in [-0.3, -0.25) is 0 Å². The van der Waals surface area contributed by atoms with Gasteiger partial charge in [0.1, 0.15) is 0 Å². The number of hydrogen-bond donors (Lipinski definition) is 0. The van der Waals surface area contributed by atoms with Crippen molar-refractivity contribution in [1.82, 2.24) is 0 Å². The molecule has 1 rings (SSSR count). The maximum atomic E-state index is 11.9. The van der Waals surface area contributed by atoms with Gasteiger partial charge in [-0.1, -0.05) is 12.8 Å². The smallest absolute Gasteiger partial charge is 0.197 e. The van der Waals surface area contributed by atoms with Crippen LogP contribution < -0.4 is 0 Å². The van der Waals surface area contributed by atoms with Gasteiger partial charge in [-0.2, -0.15) is 18.4 Å². The van der Waals surface area contributed by atoms with Gasteiger partial charge in [0, 0.05) is 5.75 Å². The molecule has 1 unspecified atom stereocenters. The van der Waals surface area contributed by atoms with E-state index >= 15 is 0 Å². The van der Waals surface area contributed by atoms with Crippen LogP contribution in [-0.2, 0) is 0 Å². The summed E-state index contributed by atoms with van der Waals surface area (Å²) in [6.45, 7) is 0. The zero-order chi connectivity index (χ0) is 11.3. The van der Waals surface area contributed by atoms with Crippen molar-refractivity contribution < 1.29 is 13.2 Å². The van der Waals surface area contributed by atoms with Gasteiger partial charge < -0.3 is 0 Å². The third-order valence-corrected chi connectivity index (χ3v) is 3.93. The number of rotatable bonds is 4. The van der Waals surface area contributed by atoms with Gasteiger partial charge >= 0.3 is 6.18 Å². The molecular weight excluding hydrogens is 223 g/mol. The van der Waals surface area contributed by atoms with Crippen molar-refractivity contribution in [3.8, 4) is 6.07 Å². The summed E-state index contributed by atoms with van der Waals surface area (Å²) in [6.07, 6.45) is -0.662. The molecule has 0 aromatic heterocycles. The predicted molar refractivity (Wildman–Crippen MR) is 54.5 cm³/mol. The summed E-state index contributed by atoms with van der Waals surface area (Å²) < 4.78 is 35.7. The number of nitrogens with zero attached hydrogens (tertiary/aromatic N) is 1. The molecule has 1 atom stereocenters. The molecule has 0 N–H and O–H groups in total. The Balaban J connectivity index is 2.26. The molecule has 15 heavy (non-hydrogen) atoms. The topological polar surface area (TPSA) is 23.8 Å². The fourth-order valence-electron chi connectivity index (χ4n) is 1.84. The Kier molecular flexibility index (Phi) is 4.78. The minimum absolute atomic E-state index is 0.0121. The predicted octanol–water partition coefficient (Wildman–Crippen LogP) is 3.75. The van der Waals surface area contributed by atoms with E-state index in [0.29, 0.717) is 5.92 Å². The van der Waals surface area contributed by atoms with E-state index in [-0.39, 0.29) is 11.0 Å². The van der Waals surface area contributed by atoms with Gasteiger partial charge in [0.2, 0.25) is 0 Å². The maximum absolute atomic E-state index is 11.9. The van der Waals surface area contributed by atoms with Crippen LogP contribution in [0, 0.1) is 17.2 Å². The molecule has 86 valence electrons. The van der Waals surface area contributed by atoms with Crippen LogP contribution in [0.5, 0.6) is 0 Å². The first-order valence-electron chi connectivity index (χ1n) is 5.11. The highest BCUT2D eigenvalue weighted by Crippen LogP contribution is 2.34. The number of alkyl halides is 3. The van der Waals surface area contributed by atoms with Crippen molar-refractivity contribution in [1.29, 1.82) is 5.26 Å². The van der Waals surface area contributed by atoms with Crippen molar-refractivity contribution in [3.63, 3.8) is 0 Å². The first-order chi connectivity index (χ1) is 7.03. The van der Waals surface area contributed by atoms with Crippen molar-refractivity contribution >= 4 is 11.8 Å². The van der Waals surface area contributed by atoms with Crippen molar-refractivity contribution in [3.05, 3.63) is 0 Å². The van der Waals surface area contributed by atoms with Gasteiger partial charge in [-0.05, 0) is 18.8 Å². The Morgan fingerprint density at radius 2 is 1.93 bits per heavy atom. The van der Waals surface area contributed by atoms with Crippen LogP contribution in [-0.4, -0.2) is 17.2 Å². The highest BCUT2D eigenvalue weighted by atomic mass is 32.2. The minimum atomic E-state index is -4.09. The van der Waals surface area contributed by atoms with Gasteiger partial charge in [0.15, 0.2) is 0 Å². The van der Waals surface area contributed by atoms with Crippen molar-refractivity contribution in [2.75, 3.05) is 5.75 Å². The molecule has 1 nitrogen and oxygen atoms in total. The normalized spacial score (nSPS) is 20.1. The number of hydrogen-bond acceptors (Lipinski definition) is 2. The fourth-order valence-corrected chi connectivity index (χ4v) is 3.06. The average Bonchev–Trinajstić information content (AvgIpc) is 2.63. The summed E-state index contributed by atoms with van der Waals surface area (Å²) in [5.74, 6) is 0.325. The summed E-state index contributed by atoms with van der Waals surface area (Å²) in [4.78, 5) is 0. The van der Waals surface area contributed by atoms with E-state index in [1.807, 2.05) is 0 Å². The summed E-state index contributed by atoms with van der Waals surface area (Å²) >= 11 is 1.16. The van der Waals surface area contributed by atoms with Gasteiger partial charge in [-0.15, -0.1) is 11.8 Å². The summed E-state index contributed by atoms with van der Waals surface area (Å²) in [5.41, 5.74) is 0. The zero-order valence-electron chi connectivity index (χ0n) is 8.39.